The van der Waals surface area contributed by atoms with Crippen LogP contribution in [0.1, 0.15) is 18.5 Å². The van der Waals surface area contributed by atoms with E-state index in [0.29, 0.717) is 18.8 Å². The van der Waals surface area contributed by atoms with Gasteiger partial charge >= 0.3 is 0 Å². The van der Waals surface area contributed by atoms with E-state index in [1.807, 2.05) is 0 Å². The molecule has 6 heteroatoms. The standard InChI is InChI=1S/C11H19N3O2S/c1-3-4-5-6-14(2)17(15,16)11-7-10(8-12)13-9-11/h3,7,9,13H,1,4-6,8,12H2,2H3. The van der Waals surface area contributed by atoms with Crippen LogP contribution < -0.4 is 5.73 Å². The zero-order chi connectivity index (χ0) is 12.9. The third kappa shape index (κ3) is 3.42. The van der Waals surface area contributed by atoms with Gasteiger partial charge in [-0.05, 0) is 18.9 Å². The molecule has 0 unspecified atom stereocenters. The van der Waals surface area contributed by atoms with Crippen molar-refractivity contribution in [2.75, 3.05) is 13.6 Å². The van der Waals surface area contributed by atoms with Crippen LogP contribution in [0, 0.1) is 0 Å². The van der Waals surface area contributed by atoms with E-state index in [-0.39, 0.29) is 4.90 Å². The normalized spacial score (nSPS) is 11.9. The summed E-state index contributed by atoms with van der Waals surface area (Å²) in [5.74, 6) is 0. The zero-order valence-corrected chi connectivity index (χ0v) is 10.8. The molecule has 0 saturated heterocycles. The lowest BCUT2D eigenvalue weighted by Crippen LogP contribution is -2.27. The van der Waals surface area contributed by atoms with E-state index in [4.69, 9.17) is 5.73 Å². The lowest BCUT2D eigenvalue weighted by Gasteiger charge is -2.15. The Morgan fingerprint density at radius 1 is 1.59 bits per heavy atom. The molecule has 0 spiro atoms. The van der Waals surface area contributed by atoms with Crippen molar-refractivity contribution in [2.45, 2.75) is 24.3 Å². The predicted octanol–water partition coefficient (Wildman–Crippen LogP) is 1.06. The largest absolute Gasteiger partial charge is 0.363 e. The highest BCUT2D eigenvalue weighted by Gasteiger charge is 2.21. The summed E-state index contributed by atoms with van der Waals surface area (Å²) in [7, 11) is -1.82. The second kappa shape index (κ2) is 6.00. The molecule has 3 N–H and O–H groups in total. The summed E-state index contributed by atoms with van der Waals surface area (Å²) in [5.41, 5.74) is 6.14. The first-order chi connectivity index (χ1) is 8.02. The second-order valence-corrected chi connectivity index (χ2v) is 5.87. The highest BCUT2D eigenvalue weighted by Crippen LogP contribution is 2.15. The van der Waals surface area contributed by atoms with Crippen LogP contribution in [0.2, 0.25) is 0 Å². The first kappa shape index (κ1) is 14.0. The fraction of sp³-hybridized carbons (Fsp3) is 0.455. The Morgan fingerprint density at radius 3 is 2.82 bits per heavy atom. The molecule has 0 radical (unpaired) electrons. The maximum absolute atomic E-state index is 12.1. The average Bonchev–Trinajstić information content (AvgIpc) is 2.78. The minimum Gasteiger partial charge on any atom is -0.363 e. The van der Waals surface area contributed by atoms with Gasteiger partial charge in [0, 0.05) is 32.0 Å². The first-order valence-corrected chi connectivity index (χ1v) is 6.91. The molecule has 1 aromatic rings. The number of aromatic nitrogens is 1. The molecular weight excluding hydrogens is 238 g/mol. The maximum atomic E-state index is 12.1. The molecule has 0 aliphatic heterocycles. The molecule has 96 valence electrons. The lowest BCUT2D eigenvalue weighted by atomic mass is 10.3. The Bertz CT molecular complexity index is 465. The quantitative estimate of drug-likeness (QED) is 0.566. The number of hydrogen-bond donors (Lipinski definition) is 2. The van der Waals surface area contributed by atoms with Crippen molar-refractivity contribution in [3.05, 3.63) is 30.6 Å². The number of nitrogens with one attached hydrogen (secondary N) is 1. The number of aromatic amines is 1. The Morgan fingerprint density at radius 2 is 2.29 bits per heavy atom. The number of nitrogens with two attached hydrogens (primary N) is 1. The van der Waals surface area contributed by atoms with Crippen LogP contribution in [-0.2, 0) is 16.6 Å². The number of allylic oxidation sites excluding steroid dienone is 1. The zero-order valence-electron chi connectivity index (χ0n) is 10.0. The van der Waals surface area contributed by atoms with Crippen molar-refractivity contribution < 1.29 is 8.42 Å². The fourth-order valence-corrected chi connectivity index (χ4v) is 2.67. The van der Waals surface area contributed by atoms with Gasteiger partial charge in [-0.2, -0.15) is 0 Å². The molecule has 0 aliphatic rings. The van der Waals surface area contributed by atoms with Crippen molar-refractivity contribution in [3.63, 3.8) is 0 Å². The van der Waals surface area contributed by atoms with E-state index in [0.717, 1.165) is 12.8 Å². The Labute approximate surface area is 102 Å². The third-order valence-corrected chi connectivity index (χ3v) is 4.36. The summed E-state index contributed by atoms with van der Waals surface area (Å²) in [5, 5.41) is 0. The summed E-state index contributed by atoms with van der Waals surface area (Å²) >= 11 is 0. The molecular formula is C11H19N3O2S. The molecule has 0 saturated carbocycles. The molecule has 0 bridgehead atoms. The van der Waals surface area contributed by atoms with Gasteiger partial charge < -0.3 is 10.7 Å². The summed E-state index contributed by atoms with van der Waals surface area (Å²) in [6.07, 6.45) is 4.83. The van der Waals surface area contributed by atoms with Crippen LogP contribution in [0.3, 0.4) is 0 Å². The van der Waals surface area contributed by atoms with Crippen molar-refractivity contribution >= 4 is 10.0 Å². The summed E-state index contributed by atoms with van der Waals surface area (Å²) in [6, 6.07) is 1.57. The molecule has 5 nitrogen and oxygen atoms in total. The lowest BCUT2D eigenvalue weighted by molar-refractivity contribution is 0.463. The first-order valence-electron chi connectivity index (χ1n) is 5.47. The van der Waals surface area contributed by atoms with Crippen LogP contribution in [0.5, 0.6) is 0 Å². The van der Waals surface area contributed by atoms with E-state index in [9.17, 15) is 8.42 Å². The molecule has 0 atom stereocenters. The molecule has 1 aromatic heterocycles. The van der Waals surface area contributed by atoms with Gasteiger partial charge in [0.1, 0.15) is 0 Å². The average molecular weight is 257 g/mol. The Balaban J connectivity index is 2.76. The number of rotatable bonds is 7. The van der Waals surface area contributed by atoms with Crippen molar-refractivity contribution in [1.29, 1.82) is 0 Å². The monoisotopic (exact) mass is 257 g/mol. The van der Waals surface area contributed by atoms with Crippen LogP contribution in [0.4, 0.5) is 0 Å². The van der Waals surface area contributed by atoms with Gasteiger partial charge in [0.25, 0.3) is 0 Å². The minimum atomic E-state index is -3.40. The molecule has 1 heterocycles. The van der Waals surface area contributed by atoms with Gasteiger partial charge in [0.2, 0.25) is 10.0 Å². The van der Waals surface area contributed by atoms with Gasteiger partial charge in [0.05, 0.1) is 4.90 Å². The van der Waals surface area contributed by atoms with Crippen molar-refractivity contribution in [2.24, 2.45) is 5.73 Å². The summed E-state index contributed by atoms with van der Waals surface area (Å²) < 4.78 is 25.5. The molecule has 0 aromatic carbocycles. The van der Waals surface area contributed by atoms with E-state index in [1.54, 1.807) is 19.2 Å². The van der Waals surface area contributed by atoms with Crippen LogP contribution in [0.15, 0.2) is 29.8 Å². The number of hydrogen-bond acceptors (Lipinski definition) is 3. The van der Waals surface area contributed by atoms with Gasteiger partial charge in [-0.15, -0.1) is 6.58 Å². The number of sulfonamides is 1. The van der Waals surface area contributed by atoms with Gasteiger partial charge in [-0.25, -0.2) is 12.7 Å². The van der Waals surface area contributed by atoms with Crippen molar-refractivity contribution in [3.8, 4) is 0 Å². The number of H-pyrrole nitrogens is 1. The van der Waals surface area contributed by atoms with Crippen LogP contribution in [-0.4, -0.2) is 31.3 Å². The number of unbranched alkanes of at least 4 members (excludes halogenated alkanes) is 1. The summed E-state index contributed by atoms with van der Waals surface area (Å²) in [6.45, 7) is 4.39. The minimum absolute atomic E-state index is 0.263. The number of nitrogens with zero attached hydrogens (tertiary/aromatic N) is 1. The van der Waals surface area contributed by atoms with Crippen LogP contribution >= 0.6 is 0 Å². The molecule has 0 fully saturated rings. The topological polar surface area (TPSA) is 79.2 Å². The predicted molar refractivity (Wildman–Crippen MR) is 67.9 cm³/mol. The smallest absolute Gasteiger partial charge is 0.244 e. The molecule has 17 heavy (non-hydrogen) atoms. The Hall–Kier alpha value is -1.11. The summed E-state index contributed by atoms with van der Waals surface area (Å²) in [4.78, 5) is 3.10. The van der Waals surface area contributed by atoms with Crippen molar-refractivity contribution in [1.82, 2.24) is 9.29 Å². The fourth-order valence-electron chi connectivity index (χ4n) is 1.44. The third-order valence-electron chi connectivity index (χ3n) is 2.53. The Kier molecular flexibility index (Phi) is 4.92. The maximum Gasteiger partial charge on any atom is 0.244 e. The highest BCUT2D eigenvalue weighted by molar-refractivity contribution is 7.89. The molecule has 0 aliphatic carbocycles. The van der Waals surface area contributed by atoms with Gasteiger partial charge in [-0.3, -0.25) is 0 Å². The van der Waals surface area contributed by atoms with Gasteiger partial charge in [0.15, 0.2) is 0 Å². The second-order valence-electron chi connectivity index (χ2n) is 3.82. The van der Waals surface area contributed by atoms with Crippen LogP contribution in [0.25, 0.3) is 0 Å². The van der Waals surface area contributed by atoms with E-state index in [2.05, 4.69) is 11.6 Å². The molecule has 1 rings (SSSR count). The molecule has 0 amide bonds. The van der Waals surface area contributed by atoms with E-state index >= 15 is 0 Å². The highest BCUT2D eigenvalue weighted by atomic mass is 32.2. The SMILES string of the molecule is C=CCCCN(C)S(=O)(=O)c1c[nH]c(CN)c1. The van der Waals surface area contributed by atoms with E-state index < -0.39 is 10.0 Å². The van der Waals surface area contributed by atoms with Gasteiger partial charge in [-0.1, -0.05) is 6.08 Å². The van der Waals surface area contributed by atoms with E-state index in [1.165, 1.54) is 10.5 Å².